The second-order valence-corrected chi connectivity index (χ2v) is 6.31. The highest BCUT2D eigenvalue weighted by Crippen LogP contribution is 2.24. The first kappa shape index (κ1) is 19.3. The molecule has 6 heteroatoms. The van der Waals surface area contributed by atoms with Crippen LogP contribution in [0.5, 0.6) is 5.75 Å². The molecule has 0 heterocycles. The Morgan fingerprint density at radius 3 is 2.56 bits per heavy atom. The largest absolute Gasteiger partial charge is 0.483 e. The molecule has 0 aromatic heterocycles. The van der Waals surface area contributed by atoms with Gasteiger partial charge in [0.1, 0.15) is 5.75 Å². The Kier molecular flexibility index (Phi) is 7.29. The Balaban J connectivity index is 1.85. The second-order valence-electron chi connectivity index (χ2n) is 5.44. The summed E-state index contributed by atoms with van der Waals surface area (Å²) in [4.78, 5) is 23.9. The van der Waals surface area contributed by atoms with Gasteiger partial charge < -0.3 is 10.1 Å². The lowest BCUT2D eigenvalue weighted by molar-refractivity contribution is -0.123. The van der Waals surface area contributed by atoms with Crippen molar-refractivity contribution in [3.63, 3.8) is 0 Å². The monoisotopic (exact) mass is 379 g/mol. The topological polar surface area (TPSA) is 55.4 Å². The fourth-order valence-corrected chi connectivity index (χ4v) is 2.65. The zero-order valence-electron chi connectivity index (χ0n) is 13.9. The molecule has 0 aliphatic carbocycles. The molecule has 25 heavy (non-hydrogen) atoms. The lowest BCUT2D eigenvalue weighted by Crippen LogP contribution is -2.30. The predicted molar refractivity (Wildman–Crippen MR) is 99.7 cm³/mol. The van der Waals surface area contributed by atoms with Crippen LogP contribution in [0.1, 0.15) is 29.3 Å². The summed E-state index contributed by atoms with van der Waals surface area (Å²) in [5, 5.41) is 3.90. The number of ether oxygens (including phenoxy) is 1. The Morgan fingerprint density at radius 1 is 1.08 bits per heavy atom. The van der Waals surface area contributed by atoms with E-state index >= 15 is 0 Å². The lowest BCUT2D eigenvalue weighted by Gasteiger charge is -2.11. The molecule has 0 saturated carbocycles. The Labute approximate surface area is 157 Å². The molecule has 132 valence electrons. The molecule has 1 N–H and O–H groups in total. The van der Waals surface area contributed by atoms with Gasteiger partial charge in [0.25, 0.3) is 5.91 Å². The molecular formula is C19H19Cl2NO3. The predicted octanol–water partition coefficient (Wildman–Crippen LogP) is 4.32. The summed E-state index contributed by atoms with van der Waals surface area (Å²) >= 11 is 11.8. The van der Waals surface area contributed by atoms with Crippen molar-refractivity contribution < 1.29 is 14.3 Å². The first-order valence-electron chi connectivity index (χ1n) is 7.96. The van der Waals surface area contributed by atoms with Crippen molar-refractivity contribution in [1.82, 2.24) is 5.32 Å². The van der Waals surface area contributed by atoms with Gasteiger partial charge in [-0.25, -0.2) is 0 Å². The minimum atomic E-state index is -0.258. The van der Waals surface area contributed by atoms with Crippen LogP contribution < -0.4 is 10.1 Å². The van der Waals surface area contributed by atoms with Crippen molar-refractivity contribution in [2.24, 2.45) is 0 Å². The van der Waals surface area contributed by atoms with Gasteiger partial charge in [-0.05, 0) is 42.3 Å². The molecule has 0 radical (unpaired) electrons. The van der Waals surface area contributed by atoms with Crippen molar-refractivity contribution in [2.75, 3.05) is 13.2 Å². The third-order valence-corrected chi connectivity index (χ3v) is 4.02. The summed E-state index contributed by atoms with van der Waals surface area (Å²) in [6, 6.07) is 12.3. The molecule has 0 unspecified atom stereocenters. The van der Waals surface area contributed by atoms with Gasteiger partial charge in [-0.1, -0.05) is 42.3 Å². The first-order chi connectivity index (χ1) is 12.0. The van der Waals surface area contributed by atoms with E-state index in [-0.39, 0.29) is 18.3 Å². The van der Waals surface area contributed by atoms with Gasteiger partial charge in [0.15, 0.2) is 12.4 Å². The molecule has 2 aromatic rings. The van der Waals surface area contributed by atoms with Gasteiger partial charge >= 0.3 is 0 Å². The summed E-state index contributed by atoms with van der Waals surface area (Å²) < 4.78 is 5.49. The Bertz CT molecular complexity index is 762. The van der Waals surface area contributed by atoms with Crippen molar-refractivity contribution in [3.8, 4) is 5.75 Å². The maximum absolute atomic E-state index is 11.9. The standard InChI is InChI=1S/C19H19Cl2NO3/c1-2-17(23)16-11-15(21)6-7-18(16)25-12-19(24)22-9-8-13-4-3-5-14(20)10-13/h3-7,10-11H,2,8-9,12H2,1H3,(H,22,24). The molecule has 2 aromatic carbocycles. The molecule has 0 saturated heterocycles. The maximum Gasteiger partial charge on any atom is 0.257 e. The van der Waals surface area contributed by atoms with E-state index in [0.29, 0.717) is 40.7 Å². The fourth-order valence-electron chi connectivity index (χ4n) is 2.27. The average molecular weight is 380 g/mol. The zero-order valence-corrected chi connectivity index (χ0v) is 15.4. The maximum atomic E-state index is 11.9. The van der Waals surface area contributed by atoms with Crippen LogP contribution in [0.2, 0.25) is 10.0 Å². The number of hydrogen-bond acceptors (Lipinski definition) is 3. The highest BCUT2D eigenvalue weighted by atomic mass is 35.5. The zero-order chi connectivity index (χ0) is 18.2. The van der Waals surface area contributed by atoms with Gasteiger partial charge in [0.05, 0.1) is 5.56 Å². The van der Waals surface area contributed by atoms with E-state index in [2.05, 4.69) is 5.32 Å². The number of ketones is 1. The number of Topliss-reactive ketones (excluding diaryl/α,β-unsaturated/α-hetero) is 1. The van der Waals surface area contributed by atoms with Crippen LogP contribution in [0.4, 0.5) is 0 Å². The van der Waals surface area contributed by atoms with Gasteiger partial charge in [-0.2, -0.15) is 0 Å². The van der Waals surface area contributed by atoms with Crippen LogP contribution in [0, 0.1) is 0 Å². The number of benzene rings is 2. The van der Waals surface area contributed by atoms with Crippen molar-refractivity contribution in [3.05, 3.63) is 63.6 Å². The van der Waals surface area contributed by atoms with Crippen LogP contribution in [-0.4, -0.2) is 24.8 Å². The van der Waals surface area contributed by atoms with Gasteiger partial charge in [-0.15, -0.1) is 0 Å². The normalized spacial score (nSPS) is 10.4. The molecule has 1 amide bonds. The summed E-state index contributed by atoms with van der Waals surface area (Å²) in [6.07, 6.45) is 1.01. The van der Waals surface area contributed by atoms with Crippen molar-refractivity contribution >= 4 is 34.9 Å². The van der Waals surface area contributed by atoms with E-state index < -0.39 is 0 Å². The molecular weight excluding hydrogens is 361 g/mol. The summed E-state index contributed by atoms with van der Waals surface area (Å²) in [6.45, 7) is 2.07. The molecule has 4 nitrogen and oxygen atoms in total. The molecule has 0 aliphatic rings. The molecule has 0 bridgehead atoms. The summed E-state index contributed by atoms with van der Waals surface area (Å²) in [5.41, 5.74) is 1.43. The number of hydrogen-bond donors (Lipinski definition) is 1. The van der Waals surface area contributed by atoms with Crippen LogP contribution in [-0.2, 0) is 11.2 Å². The minimum Gasteiger partial charge on any atom is -0.483 e. The van der Waals surface area contributed by atoms with E-state index in [1.807, 2.05) is 18.2 Å². The van der Waals surface area contributed by atoms with E-state index in [1.54, 1.807) is 31.2 Å². The molecule has 0 spiro atoms. The number of rotatable bonds is 8. The summed E-state index contributed by atoms with van der Waals surface area (Å²) in [5.74, 6) is 0.0204. The van der Waals surface area contributed by atoms with Crippen LogP contribution in [0.25, 0.3) is 0 Å². The van der Waals surface area contributed by atoms with Crippen molar-refractivity contribution in [2.45, 2.75) is 19.8 Å². The third kappa shape index (κ3) is 6.07. The van der Waals surface area contributed by atoms with E-state index in [4.69, 9.17) is 27.9 Å². The van der Waals surface area contributed by atoms with E-state index in [0.717, 1.165) is 5.56 Å². The fraction of sp³-hybridized carbons (Fsp3) is 0.263. The number of nitrogens with one attached hydrogen (secondary N) is 1. The van der Waals surface area contributed by atoms with Crippen molar-refractivity contribution in [1.29, 1.82) is 0 Å². The quantitative estimate of drug-likeness (QED) is 0.694. The number of carbonyl (C=O) groups excluding carboxylic acids is 2. The number of amides is 1. The molecule has 2 rings (SSSR count). The molecule has 0 atom stereocenters. The van der Waals surface area contributed by atoms with Gasteiger partial charge in [0.2, 0.25) is 0 Å². The van der Waals surface area contributed by atoms with E-state index in [9.17, 15) is 9.59 Å². The summed E-state index contributed by atoms with van der Waals surface area (Å²) in [7, 11) is 0. The second kappa shape index (κ2) is 9.44. The number of carbonyl (C=O) groups is 2. The Morgan fingerprint density at radius 2 is 1.84 bits per heavy atom. The minimum absolute atomic E-state index is 0.0844. The Hall–Kier alpha value is -2.04. The average Bonchev–Trinajstić information content (AvgIpc) is 2.60. The SMILES string of the molecule is CCC(=O)c1cc(Cl)ccc1OCC(=O)NCCc1cccc(Cl)c1. The first-order valence-corrected chi connectivity index (χ1v) is 8.72. The molecule has 0 fully saturated rings. The van der Waals surface area contributed by atoms with Crippen LogP contribution in [0.3, 0.4) is 0 Å². The van der Waals surface area contributed by atoms with Gasteiger partial charge in [-0.3, -0.25) is 9.59 Å². The van der Waals surface area contributed by atoms with E-state index in [1.165, 1.54) is 0 Å². The highest BCUT2D eigenvalue weighted by Gasteiger charge is 2.13. The highest BCUT2D eigenvalue weighted by molar-refractivity contribution is 6.31. The van der Waals surface area contributed by atoms with Gasteiger partial charge in [0, 0.05) is 23.0 Å². The smallest absolute Gasteiger partial charge is 0.257 e. The van der Waals surface area contributed by atoms with Crippen LogP contribution >= 0.6 is 23.2 Å². The number of halogens is 2. The van der Waals surface area contributed by atoms with Crippen LogP contribution in [0.15, 0.2) is 42.5 Å². The third-order valence-electron chi connectivity index (χ3n) is 3.55. The lowest BCUT2D eigenvalue weighted by atomic mass is 10.1. The molecule has 0 aliphatic heterocycles.